The van der Waals surface area contributed by atoms with Gasteiger partial charge in [0.05, 0.1) is 23.2 Å². The molecule has 59 heavy (non-hydrogen) atoms. The van der Waals surface area contributed by atoms with Gasteiger partial charge in [0.1, 0.15) is 29.5 Å². The van der Waals surface area contributed by atoms with Crippen molar-refractivity contribution in [3.8, 4) is 0 Å². The molecule has 0 spiro atoms. The van der Waals surface area contributed by atoms with Crippen LogP contribution in [0.4, 0.5) is 14.9 Å². The number of nitrogens with one attached hydrogen (secondary N) is 4. The summed E-state index contributed by atoms with van der Waals surface area (Å²) in [4.78, 5) is 58.9. The van der Waals surface area contributed by atoms with Crippen molar-refractivity contribution in [2.45, 2.75) is 114 Å². The van der Waals surface area contributed by atoms with Crippen LogP contribution >= 0.6 is 0 Å². The molecule has 4 N–H and O–H groups in total. The van der Waals surface area contributed by atoms with Crippen molar-refractivity contribution in [1.29, 1.82) is 0 Å². The minimum atomic E-state index is -3.91. The molecule has 2 aromatic carbocycles. The van der Waals surface area contributed by atoms with Gasteiger partial charge in [-0.25, -0.2) is 26.0 Å². The number of carbonyl (C=O) groups excluding carboxylic acids is 4. The monoisotopic (exact) mass is 861 g/mol. The van der Waals surface area contributed by atoms with Gasteiger partial charge in [0.2, 0.25) is 31.9 Å². The minimum Gasteiger partial charge on any atom is -0.444 e. The number of hydrogen-bond donors (Lipinski definition) is 4. The molecule has 0 radical (unpaired) electrons. The zero-order valence-corrected chi connectivity index (χ0v) is 34.8. The Kier molecular flexibility index (Phi) is 12.5. The SMILES string of the molecule is C.CC[C@@H]1C[C@]1(NC(=O)[C@@H]1C[C@@H](OC(=O)N2Cc3cccc(F)c3C2)CN1C(=O)[C@@H](Nc1ccc(S(=O)(=O)N2CCNCC2)cc1)C(C)(C)C)C(=O)NS(=O)(=O)C1CC1. The van der Waals surface area contributed by atoms with E-state index in [4.69, 9.17) is 4.74 Å². The van der Waals surface area contributed by atoms with Crippen LogP contribution in [0.15, 0.2) is 47.4 Å². The summed E-state index contributed by atoms with van der Waals surface area (Å²) in [5.41, 5.74) is -0.792. The fourth-order valence-corrected chi connectivity index (χ4v) is 10.9. The molecule has 2 aromatic rings. The van der Waals surface area contributed by atoms with E-state index in [0.717, 1.165) is 0 Å². The van der Waals surface area contributed by atoms with Gasteiger partial charge in [0, 0.05) is 50.4 Å². The molecule has 4 fully saturated rings. The fraction of sp³-hybridized carbons (Fsp3) is 0.600. The summed E-state index contributed by atoms with van der Waals surface area (Å²) in [6, 6.07) is 8.51. The van der Waals surface area contributed by atoms with E-state index in [1.54, 1.807) is 24.3 Å². The van der Waals surface area contributed by atoms with Gasteiger partial charge in [-0.2, -0.15) is 4.31 Å². The van der Waals surface area contributed by atoms with E-state index in [-0.39, 0.29) is 50.7 Å². The largest absolute Gasteiger partial charge is 0.444 e. The summed E-state index contributed by atoms with van der Waals surface area (Å²) < 4.78 is 76.0. The number of hydrogen-bond acceptors (Lipinski definition) is 11. The van der Waals surface area contributed by atoms with E-state index in [1.165, 1.54) is 32.3 Å². The van der Waals surface area contributed by atoms with Gasteiger partial charge in [-0.3, -0.25) is 24.0 Å². The maximum absolute atomic E-state index is 14.7. The van der Waals surface area contributed by atoms with Crippen LogP contribution in [0.5, 0.6) is 0 Å². The summed E-state index contributed by atoms with van der Waals surface area (Å²) in [7, 11) is -7.65. The maximum atomic E-state index is 14.7. The van der Waals surface area contributed by atoms with Crippen LogP contribution in [0.25, 0.3) is 0 Å². The van der Waals surface area contributed by atoms with Crippen LogP contribution in [0.1, 0.15) is 78.4 Å². The number of sulfonamides is 2. The zero-order valence-electron chi connectivity index (χ0n) is 33.1. The van der Waals surface area contributed by atoms with Crippen LogP contribution in [0.3, 0.4) is 0 Å². The number of piperazine rings is 1. The highest BCUT2D eigenvalue weighted by Gasteiger charge is 2.62. The Hall–Kier alpha value is -4.33. The van der Waals surface area contributed by atoms with E-state index in [1.807, 2.05) is 27.7 Å². The molecule has 0 unspecified atom stereocenters. The number of anilines is 1. The molecular weight excluding hydrogens is 806 g/mol. The van der Waals surface area contributed by atoms with E-state index in [2.05, 4.69) is 20.7 Å². The predicted octanol–water partition coefficient (Wildman–Crippen LogP) is 2.90. The number of carbonyl (C=O) groups is 4. The van der Waals surface area contributed by atoms with Gasteiger partial charge >= 0.3 is 6.09 Å². The molecule has 0 aromatic heterocycles. The highest BCUT2D eigenvalue weighted by Crippen LogP contribution is 2.47. The molecule has 5 aliphatic rings. The lowest BCUT2D eigenvalue weighted by molar-refractivity contribution is -0.141. The molecule has 2 saturated carbocycles. The van der Waals surface area contributed by atoms with Crippen LogP contribution in [0.2, 0.25) is 0 Å². The summed E-state index contributed by atoms with van der Waals surface area (Å²) in [5, 5.41) is 8.54. The molecule has 16 nitrogen and oxygen atoms in total. The van der Waals surface area contributed by atoms with Crippen LogP contribution in [-0.2, 0) is 52.3 Å². The molecule has 2 saturated heterocycles. The van der Waals surface area contributed by atoms with Crippen LogP contribution < -0.4 is 20.7 Å². The second kappa shape index (κ2) is 16.6. The summed E-state index contributed by atoms with van der Waals surface area (Å²) in [6.45, 7) is 9.03. The Bertz CT molecular complexity index is 2170. The molecule has 19 heteroatoms. The molecule has 5 atom stereocenters. The quantitative estimate of drug-likeness (QED) is 0.245. The van der Waals surface area contributed by atoms with Gasteiger partial charge in [-0.15, -0.1) is 0 Å². The van der Waals surface area contributed by atoms with Crippen molar-refractivity contribution in [1.82, 2.24) is 29.5 Å². The Balaban J connectivity index is 0.00000585. The summed E-state index contributed by atoms with van der Waals surface area (Å²) in [5.74, 6) is -2.82. The van der Waals surface area contributed by atoms with Gasteiger partial charge in [0.15, 0.2) is 0 Å². The molecule has 7 rings (SSSR count). The molecule has 324 valence electrons. The Morgan fingerprint density at radius 1 is 1.00 bits per heavy atom. The predicted molar refractivity (Wildman–Crippen MR) is 217 cm³/mol. The van der Waals surface area contributed by atoms with E-state index >= 15 is 0 Å². The smallest absolute Gasteiger partial charge is 0.410 e. The normalized spacial score (nSPS) is 25.0. The number of rotatable bonds is 12. The third-order valence-electron chi connectivity index (χ3n) is 11.8. The van der Waals surface area contributed by atoms with Crippen LogP contribution in [-0.4, -0.2) is 116 Å². The Morgan fingerprint density at radius 2 is 1.68 bits per heavy atom. The minimum absolute atomic E-state index is 0. The third kappa shape index (κ3) is 9.07. The van der Waals surface area contributed by atoms with E-state index in [0.29, 0.717) is 62.3 Å². The fourth-order valence-electron chi connectivity index (χ4n) is 8.14. The standard InChI is InChI=1S/C39H52FN7O9S2.CH4/c1-5-25-20-39(25,36(50)44-57(52,53)28-13-14-28)43-34(48)32-19-27(56-37(51)45-21-24-7-6-8-31(40)30(24)23-45)22-47(32)35(49)33(38(2,3)4)42-26-9-11-29(12-10-26)58(54,55)46-17-15-41-16-18-46;/h6-12,25,27-28,32-33,41-42H,5,13-23H2,1-4H3,(H,43,48)(H,44,50);1H4/t25-,27-,32+,33-,39-;/m1./s1. The van der Waals surface area contributed by atoms with Crippen molar-refractivity contribution in [3.05, 3.63) is 59.4 Å². The average Bonchev–Trinajstić information content (AvgIpc) is 4.07. The average molecular weight is 862 g/mol. The number of halogens is 1. The van der Waals surface area contributed by atoms with Gasteiger partial charge in [0.25, 0.3) is 5.91 Å². The lowest BCUT2D eigenvalue weighted by atomic mass is 9.85. The summed E-state index contributed by atoms with van der Waals surface area (Å²) >= 11 is 0. The molecule has 3 heterocycles. The molecule has 0 bridgehead atoms. The first-order valence-corrected chi connectivity index (χ1v) is 22.8. The second-order valence-corrected chi connectivity index (χ2v) is 20.9. The molecule has 2 aliphatic carbocycles. The first-order valence-electron chi connectivity index (χ1n) is 19.8. The van der Waals surface area contributed by atoms with Crippen molar-refractivity contribution in [2.24, 2.45) is 11.3 Å². The Morgan fingerprint density at radius 3 is 2.27 bits per heavy atom. The number of benzene rings is 2. The highest BCUT2D eigenvalue weighted by atomic mass is 32.2. The van der Waals surface area contributed by atoms with E-state index < -0.39 is 84.1 Å². The maximum Gasteiger partial charge on any atom is 0.410 e. The van der Waals surface area contributed by atoms with Gasteiger partial charge < -0.3 is 25.6 Å². The number of likely N-dealkylation sites (tertiary alicyclic amines) is 1. The number of ether oxygens (including phenoxy) is 1. The first kappa shape index (κ1) is 44.2. The summed E-state index contributed by atoms with van der Waals surface area (Å²) in [6.07, 6.45) is -0.252. The lowest BCUT2D eigenvalue weighted by Crippen LogP contribution is -2.58. The van der Waals surface area contributed by atoms with Crippen molar-refractivity contribution in [2.75, 3.05) is 38.0 Å². The third-order valence-corrected chi connectivity index (χ3v) is 15.6. The second-order valence-electron chi connectivity index (χ2n) is 17.0. The zero-order chi connectivity index (χ0) is 41.8. The molecule has 4 amide bonds. The van der Waals surface area contributed by atoms with Gasteiger partial charge in [-0.1, -0.05) is 53.7 Å². The molecular formula is C40H56FN7O9S2. The topological polar surface area (TPSA) is 204 Å². The number of nitrogens with zero attached hydrogens (tertiary/aromatic N) is 3. The Labute approximate surface area is 346 Å². The van der Waals surface area contributed by atoms with E-state index in [9.17, 15) is 40.4 Å². The first-order chi connectivity index (χ1) is 27.3. The van der Waals surface area contributed by atoms with Crippen molar-refractivity contribution >= 4 is 49.5 Å². The molecule has 3 aliphatic heterocycles. The number of amides is 4. The van der Waals surface area contributed by atoms with Gasteiger partial charge in [-0.05, 0) is 66.5 Å². The highest BCUT2D eigenvalue weighted by molar-refractivity contribution is 7.91. The lowest BCUT2D eigenvalue weighted by Gasteiger charge is -2.36. The number of fused-ring (bicyclic) bond motifs is 1. The van der Waals surface area contributed by atoms with Crippen molar-refractivity contribution < 1.29 is 45.1 Å². The van der Waals surface area contributed by atoms with Crippen molar-refractivity contribution in [3.63, 3.8) is 0 Å². The van der Waals surface area contributed by atoms with Crippen LogP contribution in [0, 0.1) is 17.2 Å².